The van der Waals surface area contributed by atoms with Gasteiger partial charge in [0.2, 0.25) is 10.6 Å². The number of rotatable bonds is 2. The topological polar surface area (TPSA) is 78.1 Å². The van der Waals surface area contributed by atoms with Gasteiger partial charge in [-0.2, -0.15) is 15.0 Å². The number of aromatic nitrogens is 3. The van der Waals surface area contributed by atoms with Crippen molar-refractivity contribution in [2.75, 3.05) is 0 Å². The molecule has 100 valence electrons. The second-order valence-corrected chi connectivity index (χ2v) is 4.36. The van der Waals surface area contributed by atoms with Crippen LogP contribution in [-0.4, -0.2) is 15.0 Å². The van der Waals surface area contributed by atoms with Crippen molar-refractivity contribution in [2.24, 2.45) is 0 Å². The van der Waals surface area contributed by atoms with Gasteiger partial charge in [-0.1, -0.05) is 12.1 Å². The zero-order chi connectivity index (χ0) is 14.1. The highest BCUT2D eigenvalue weighted by Gasteiger charge is 2.10. The van der Waals surface area contributed by atoms with Gasteiger partial charge in [-0.25, -0.2) is 4.79 Å². The number of fused-ring (bicyclic) bond motifs is 1. The summed E-state index contributed by atoms with van der Waals surface area (Å²) in [4.78, 5) is 22.6. The number of hydrogen-bond acceptors (Lipinski definition) is 6. The van der Waals surface area contributed by atoms with Gasteiger partial charge < -0.3 is 9.15 Å². The Hall–Kier alpha value is -2.18. The minimum absolute atomic E-state index is 0.104. The lowest BCUT2D eigenvalue weighted by Crippen LogP contribution is -2.01. The molecule has 8 heteroatoms. The zero-order valence-corrected chi connectivity index (χ0v) is 11.2. The molecule has 0 aliphatic carbocycles. The Labute approximate surface area is 122 Å². The van der Waals surface area contributed by atoms with Crippen molar-refractivity contribution >= 4 is 34.2 Å². The number of ether oxygens (including phenoxy) is 1. The van der Waals surface area contributed by atoms with E-state index in [1.54, 1.807) is 24.3 Å². The van der Waals surface area contributed by atoms with Gasteiger partial charge in [-0.15, -0.1) is 0 Å². The molecule has 20 heavy (non-hydrogen) atoms. The predicted octanol–water partition coefficient (Wildman–Crippen LogP) is 3.08. The molecule has 0 aliphatic rings. The molecule has 0 bridgehead atoms. The minimum Gasteiger partial charge on any atom is -0.423 e. The van der Waals surface area contributed by atoms with Crippen LogP contribution in [0.15, 0.2) is 39.5 Å². The molecule has 2 heterocycles. The number of halogens is 2. The first-order valence-corrected chi connectivity index (χ1v) is 6.15. The van der Waals surface area contributed by atoms with Gasteiger partial charge in [0.05, 0.1) is 11.5 Å². The van der Waals surface area contributed by atoms with E-state index in [9.17, 15) is 4.79 Å². The average molecular weight is 310 g/mol. The van der Waals surface area contributed by atoms with Gasteiger partial charge >= 0.3 is 11.6 Å². The van der Waals surface area contributed by atoms with Crippen molar-refractivity contribution in [1.82, 2.24) is 15.0 Å². The third-order valence-corrected chi connectivity index (χ3v) is 2.71. The van der Waals surface area contributed by atoms with Crippen LogP contribution in [0.1, 0.15) is 0 Å². The molecular weight excluding hydrogens is 305 g/mol. The molecule has 0 aliphatic heterocycles. The molecule has 0 saturated carbocycles. The van der Waals surface area contributed by atoms with E-state index in [4.69, 9.17) is 32.4 Å². The molecule has 0 unspecified atom stereocenters. The third kappa shape index (κ3) is 2.56. The quantitative estimate of drug-likeness (QED) is 0.677. The number of hydrogen-bond donors (Lipinski definition) is 0. The summed E-state index contributed by atoms with van der Waals surface area (Å²) in [6, 6.07) is 7.99. The Balaban J connectivity index is 2.12. The Morgan fingerprint density at radius 3 is 2.50 bits per heavy atom. The third-order valence-electron chi connectivity index (χ3n) is 2.37. The van der Waals surface area contributed by atoms with Crippen LogP contribution in [0.5, 0.6) is 11.8 Å². The van der Waals surface area contributed by atoms with Gasteiger partial charge in [0.25, 0.3) is 0 Å². The normalized spacial score (nSPS) is 10.7. The van der Waals surface area contributed by atoms with Gasteiger partial charge in [0.15, 0.2) is 0 Å². The molecule has 6 nitrogen and oxygen atoms in total. The van der Waals surface area contributed by atoms with Crippen molar-refractivity contribution < 1.29 is 9.15 Å². The molecule has 3 rings (SSSR count). The zero-order valence-electron chi connectivity index (χ0n) is 9.71. The van der Waals surface area contributed by atoms with Crippen molar-refractivity contribution in [3.05, 3.63) is 51.3 Å². The molecule has 0 spiro atoms. The first-order chi connectivity index (χ1) is 9.61. The number of nitrogens with zero attached hydrogens (tertiary/aromatic N) is 3. The molecule has 3 aromatic rings. The molecule has 0 fully saturated rings. The molecule has 0 atom stereocenters. The standard InChI is InChI=1S/C12H5Cl2N3O3/c13-10-15-11(14)17-12(16-10)20-8-5-9(18)19-7-4-2-1-3-6(7)8/h1-5H. The van der Waals surface area contributed by atoms with E-state index in [0.717, 1.165) is 0 Å². The van der Waals surface area contributed by atoms with Gasteiger partial charge in [0.1, 0.15) is 11.3 Å². The molecule has 0 saturated heterocycles. The maximum Gasteiger partial charge on any atom is 0.339 e. The molecule has 1 aromatic carbocycles. The fourth-order valence-corrected chi connectivity index (χ4v) is 1.97. The lowest BCUT2D eigenvalue weighted by Gasteiger charge is -2.06. The van der Waals surface area contributed by atoms with E-state index in [1.807, 2.05) is 0 Å². The van der Waals surface area contributed by atoms with Crippen LogP contribution < -0.4 is 10.4 Å². The summed E-state index contributed by atoms with van der Waals surface area (Å²) < 4.78 is 10.5. The SMILES string of the molecule is O=c1cc(Oc2nc(Cl)nc(Cl)n2)c2ccccc2o1. The Morgan fingerprint density at radius 2 is 1.75 bits per heavy atom. The summed E-state index contributed by atoms with van der Waals surface area (Å²) in [5.74, 6) is 0.246. The second-order valence-electron chi connectivity index (χ2n) is 3.68. The fraction of sp³-hybridized carbons (Fsp3) is 0. The van der Waals surface area contributed by atoms with Gasteiger partial charge in [0, 0.05) is 0 Å². The average Bonchev–Trinajstić information content (AvgIpc) is 2.37. The summed E-state index contributed by atoms with van der Waals surface area (Å²) in [5.41, 5.74) is -0.161. The van der Waals surface area contributed by atoms with Crippen molar-refractivity contribution in [3.63, 3.8) is 0 Å². The van der Waals surface area contributed by atoms with Crippen molar-refractivity contribution in [1.29, 1.82) is 0 Å². The first kappa shape index (κ1) is 12.8. The van der Waals surface area contributed by atoms with Crippen molar-refractivity contribution in [2.45, 2.75) is 0 Å². The summed E-state index contributed by atoms with van der Waals surface area (Å²) in [7, 11) is 0. The van der Waals surface area contributed by atoms with Crippen LogP contribution in [0.2, 0.25) is 10.6 Å². The van der Waals surface area contributed by atoms with E-state index in [2.05, 4.69) is 15.0 Å². The smallest absolute Gasteiger partial charge is 0.339 e. The number of para-hydroxylation sites is 1. The molecule has 0 amide bonds. The van der Waals surface area contributed by atoms with Crippen LogP contribution in [0.25, 0.3) is 11.0 Å². The van der Waals surface area contributed by atoms with Crippen LogP contribution >= 0.6 is 23.2 Å². The van der Waals surface area contributed by atoms with Crippen LogP contribution in [0.4, 0.5) is 0 Å². The highest BCUT2D eigenvalue weighted by Crippen LogP contribution is 2.27. The highest BCUT2D eigenvalue weighted by atomic mass is 35.5. The van der Waals surface area contributed by atoms with Crippen molar-refractivity contribution in [3.8, 4) is 11.8 Å². The maximum absolute atomic E-state index is 11.5. The molecule has 2 aromatic heterocycles. The Kier molecular flexibility index (Phi) is 3.25. The van der Waals surface area contributed by atoms with Crippen LogP contribution in [0, 0.1) is 0 Å². The Morgan fingerprint density at radius 1 is 1.05 bits per heavy atom. The van der Waals surface area contributed by atoms with E-state index in [1.165, 1.54) is 6.07 Å². The summed E-state index contributed by atoms with van der Waals surface area (Å²) in [6.07, 6.45) is 0. The number of benzene rings is 1. The largest absolute Gasteiger partial charge is 0.423 e. The lowest BCUT2D eigenvalue weighted by molar-refractivity contribution is 0.436. The molecule has 0 radical (unpaired) electrons. The maximum atomic E-state index is 11.5. The second kappa shape index (κ2) is 5.07. The van der Waals surface area contributed by atoms with E-state index < -0.39 is 5.63 Å². The van der Waals surface area contributed by atoms with Crippen LogP contribution in [-0.2, 0) is 0 Å². The van der Waals surface area contributed by atoms with Crippen LogP contribution in [0.3, 0.4) is 0 Å². The predicted molar refractivity (Wildman–Crippen MR) is 72.4 cm³/mol. The van der Waals surface area contributed by atoms with Gasteiger partial charge in [-0.3, -0.25) is 0 Å². The van der Waals surface area contributed by atoms with Gasteiger partial charge in [-0.05, 0) is 35.3 Å². The molecule has 0 N–H and O–H groups in total. The lowest BCUT2D eigenvalue weighted by atomic mass is 10.2. The van der Waals surface area contributed by atoms with E-state index >= 15 is 0 Å². The molecular formula is C12H5Cl2N3O3. The summed E-state index contributed by atoms with van der Waals surface area (Å²) in [5, 5.41) is 0.388. The summed E-state index contributed by atoms with van der Waals surface area (Å²) >= 11 is 11.3. The monoisotopic (exact) mass is 309 g/mol. The highest BCUT2D eigenvalue weighted by molar-refractivity contribution is 6.31. The fourth-order valence-electron chi connectivity index (χ4n) is 1.62. The minimum atomic E-state index is -0.551. The van der Waals surface area contributed by atoms with E-state index in [-0.39, 0.29) is 22.3 Å². The first-order valence-electron chi connectivity index (χ1n) is 5.39. The summed E-state index contributed by atoms with van der Waals surface area (Å²) in [6.45, 7) is 0. The van der Waals surface area contributed by atoms with E-state index in [0.29, 0.717) is 11.0 Å². The Bertz CT molecular complexity index is 830.